The number of carbonyl (C=O) groups excluding carboxylic acids is 2. The van der Waals surface area contributed by atoms with Crippen LogP contribution in [0.1, 0.15) is 22.7 Å². The molecule has 1 aliphatic rings. The van der Waals surface area contributed by atoms with E-state index in [1.54, 1.807) is 67.0 Å². The number of carbonyl (C=O) groups is 2. The van der Waals surface area contributed by atoms with E-state index in [1.807, 2.05) is 36.4 Å². The molecule has 3 aromatic carbocycles. The lowest BCUT2D eigenvalue weighted by Crippen LogP contribution is -2.29. The van der Waals surface area contributed by atoms with Gasteiger partial charge in [0.25, 0.3) is 11.7 Å². The van der Waals surface area contributed by atoms with Crippen LogP contribution in [0.3, 0.4) is 0 Å². The van der Waals surface area contributed by atoms with Crippen LogP contribution < -0.4 is 4.74 Å². The number of aliphatic hydroxyl groups excluding tert-OH is 1. The first kappa shape index (κ1) is 23.3. The number of likely N-dealkylation sites (tertiary alicyclic amines) is 1. The molecule has 4 aromatic rings. The van der Waals surface area contributed by atoms with E-state index in [2.05, 4.69) is 4.98 Å². The molecule has 5 rings (SSSR count). The highest BCUT2D eigenvalue weighted by Gasteiger charge is 2.46. The van der Waals surface area contributed by atoms with Crippen LogP contribution in [0.5, 0.6) is 11.5 Å². The van der Waals surface area contributed by atoms with Gasteiger partial charge in [0.05, 0.1) is 11.6 Å². The maximum Gasteiger partial charge on any atom is 0.295 e. The third-order valence-electron chi connectivity index (χ3n) is 5.89. The fourth-order valence-corrected chi connectivity index (χ4v) is 4.34. The molecule has 0 saturated carbocycles. The number of amides is 1. The van der Waals surface area contributed by atoms with Crippen molar-refractivity contribution in [3.05, 3.63) is 131 Å². The summed E-state index contributed by atoms with van der Waals surface area (Å²) < 4.78 is 5.99. The molecule has 0 bridgehead atoms. The van der Waals surface area contributed by atoms with Crippen molar-refractivity contribution >= 4 is 29.1 Å². The van der Waals surface area contributed by atoms with Crippen molar-refractivity contribution in [3.63, 3.8) is 0 Å². The Morgan fingerprint density at radius 2 is 1.67 bits per heavy atom. The van der Waals surface area contributed by atoms with Gasteiger partial charge in [-0.2, -0.15) is 0 Å². The van der Waals surface area contributed by atoms with Crippen molar-refractivity contribution in [2.24, 2.45) is 0 Å². The summed E-state index contributed by atoms with van der Waals surface area (Å²) >= 11 is 6.00. The van der Waals surface area contributed by atoms with E-state index < -0.39 is 17.7 Å². The van der Waals surface area contributed by atoms with E-state index in [0.717, 1.165) is 5.56 Å². The van der Waals surface area contributed by atoms with Gasteiger partial charge in [-0.05, 0) is 65.7 Å². The summed E-state index contributed by atoms with van der Waals surface area (Å²) in [5, 5.41) is 11.7. The Bertz CT molecular complexity index is 1440. The van der Waals surface area contributed by atoms with Crippen molar-refractivity contribution in [2.45, 2.75) is 12.6 Å². The Labute approximate surface area is 213 Å². The van der Waals surface area contributed by atoms with E-state index in [9.17, 15) is 14.7 Å². The number of aromatic nitrogens is 1. The summed E-state index contributed by atoms with van der Waals surface area (Å²) in [5.41, 5.74) is 1.78. The zero-order valence-corrected chi connectivity index (χ0v) is 19.8. The summed E-state index contributed by atoms with van der Waals surface area (Å²) in [4.78, 5) is 32.1. The topological polar surface area (TPSA) is 79.7 Å². The Morgan fingerprint density at radius 3 is 2.39 bits per heavy atom. The maximum atomic E-state index is 13.3. The van der Waals surface area contributed by atoms with Crippen molar-refractivity contribution in [1.82, 2.24) is 9.88 Å². The number of ether oxygens (including phenoxy) is 1. The molecule has 1 saturated heterocycles. The number of pyridine rings is 1. The molecule has 6 nitrogen and oxygen atoms in total. The maximum absolute atomic E-state index is 13.3. The molecule has 0 spiro atoms. The van der Waals surface area contributed by atoms with Crippen LogP contribution in [0.2, 0.25) is 5.02 Å². The Balaban J connectivity index is 1.61. The van der Waals surface area contributed by atoms with Gasteiger partial charge in [-0.1, -0.05) is 48.0 Å². The summed E-state index contributed by atoms with van der Waals surface area (Å²) in [7, 11) is 0. The average molecular weight is 497 g/mol. The van der Waals surface area contributed by atoms with Gasteiger partial charge in [-0.3, -0.25) is 14.6 Å². The first-order valence-corrected chi connectivity index (χ1v) is 11.6. The van der Waals surface area contributed by atoms with Crippen molar-refractivity contribution in [3.8, 4) is 11.5 Å². The minimum absolute atomic E-state index is 0.00285. The summed E-state index contributed by atoms with van der Waals surface area (Å²) in [5.74, 6) is -0.532. The average Bonchev–Trinajstić information content (AvgIpc) is 3.15. The fourth-order valence-electron chi connectivity index (χ4n) is 4.21. The van der Waals surface area contributed by atoms with E-state index in [1.165, 1.54) is 4.90 Å². The first-order valence-electron chi connectivity index (χ1n) is 11.3. The van der Waals surface area contributed by atoms with Crippen molar-refractivity contribution in [2.75, 3.05) is 0 Å². The highest BCUT2D eigenvalue weighted by Crippen LogP contribution is 2.41. The monoisotopic (exact) mass is 496 g/mol. The number of para-hydroxylation sites is 1. The molecule has 1 fully saturated rings. The highest BCUT2D eigenvalue weighted by molar-refractivity contribution is 6.46. The van der Waals surface area contributed by atoms with Gasteiger partial charge >= 0.3 is 0 Å². The third-order valence-corrected chi connectivity index (χ3v) is 6.14. The second-order valence-electron chi connectivity index (χ2n) is 8.28. The lowest BCUT2D eigenvalue weighted by Gasteiger charge is -2.25. The lowest BCUT2D eigenvalue weighted by molar-refractivity contribution is -0.140. The normalized spacial score (nSPS) is 16.8. The number of halogens is 1. The Morgan fingerprint density at radius 1 is 0.917 bits per heavy atom. The van der Waals surface area contributed by atoms with Gasteiger partial charge in [-0.15, -0.1) is 0 Å². The smallest absolute Gasteiger partial charge is 0.295 e. The van der Waals surface area contributed by atoms with Gasteiger partial charge in [0.2, 0.25) is 0 Å². The molecule has 1 atom stereocenters. The zero-order valence-electron chi connectivity index (χ0n) is 19.0. The number of aliphatic hydroxyl groups is 1. The van der Waals surface area contributed by atoms with E-state index >= 15 is 0 Å². The van der Waals surface area contributed by atoms with Gasteiger partial charge in [0.1, 0.15) is 17.3 Å². The van der Waals surface area contributed by atoms with Crippen LogP contribution in [-0.4, -0.2) is 26.7 Å². The van der Waals surface area contributed by atoms with Crippen molar-refractivity contribution < 1.29 is 19.4 Å². The number of hydrogen-bond acceptors (Lipinski definition) is 5. The van der Waals surface area contributed by atoms with Crippen LogP contribution in [0.25, 0.3) is 5.76 Å². The van der Waals surface area contributed by atoms with E-state index in [0.29, 0.717) is 27.6 Å². The van der Waals surface area contributed by atoms with Gasteiger partial charge < -0.3 is 14.7 Å². The van der Waals surface area contributed by atoms with Crippen LogP contribution in [0, 0.1) is 0 Å². The zero-order chi connectivity index (χ0) is 25.1. The molecule has 1 N–H and O–H groups in total. The fraction of sp³-hybridized carbons (Fsp3) is 0.0690. The molecule has 36 heavy (non-hydrogen) atoms. The molecule has 1 aliphatic heterocycles. The molecule has 7 heteroatoms. The molecule has 178 valence electrons. The minimum Gasteiger partial charge on any atom is -0.507 e. The second kappa shape index (κ2) is 10.1. The number of ketones is 1. The standard InChI is InChI=1S/C29H21ClN2O4/c30-22-13-11-20(12-14-22)27(33)25-26(32(29(35)28(25)34)18-19-6-5-15-31-17-19)21-7-4-10-24(16-21)36-23-8-2-1-3-9-23/h1-17,26,33H,18H2. The second-order valence-corrected chi connectivity index (χ2v) is 8.72. The predicted molar refractivity (Wildman–Crippen MR) is 136 cm³/mol. The molecule has 2 heterocycles. The van der Waals surface area contributed by atoms with Crippen molar-refractivity contribution in [1.29, 1.82) is 0 Å². The van der Waals surface area contributed by atoms with Gasteiger partial charge in [0.15, 0.2) is 0 Å². The Hall–Kier alpha value is -4.42. The van der Waals surface area contributed by atoms with Crippen LogP contribution in [0.15, 0.2) is 109 Å². The van der Waals surface area contributed by atoms with E-state index in [4.69, 9.17) is 16.3 Å². The van der Waals surface area contributed by atoms with E-state index in [-0.39, 0.29) is 17.9 Å². The lowest BCUT2D eigenvalue weighted by atomic mass is 9.95. The summed E-state index contributed by atoms with van der Waals surface area (Å²) in [6, 6.07) is 25.7. The largest absolute Gasteiger partial charge is 0.507 e. The van der Waals surface area contributed by atoms with Gasteiger partial charge in [-0.25, -0.2) is 0 Å². The minimum atomic E-state index is -0.833. The van der Waals surface area contributed by atoms with Crippen LogP contribution >= 0.6 is 11.6 Å². The number of Topliss-reactive ketones (excluding diaryl/α,β-unsaturated/α-hetero) is 1. The summed E-state index contributed by atoms with van der Waals surface area (Å²) in [6.45, 7) is 0.143. The molecule has 1 amide bonds. The number of hydrogen-bond donors (Lipinski definition) is 1. The molecular weight excluding hydrogens is 476 g/mol. The SMILES string of the molecule is O=C1C(=O)N(Cc2cccnc2)C(c2cccc(Oc3ccccc3)c2)C1=C(O)c1ccc(Cl)cc1. The quantitative estimate of drug-likeness (QED) is 0.197. The third kappa shape index (κ3) is 4.72. The first-order chi connectivity index (χ1) is 17.5. The van der Waals surface area contributed by atoms with Crippen LogP contribution in [0.4, 0.5) is 0 Å². The number of rotatable bonds is 6. The molecule has 0 aliphatic carbocycles. The van der Waals surface area contributed by atoms with Crippen LogP contribution in [-0.2, 0) is 16.1 Å². The number of benzene rings is 3. The number of nitrogens with zero attached hydrogens (tertiary/aromatic N) is 2. The summed E-state index contributed by atoms with van der Waals surface area (Å²) in [6.07, 6.45) is 3.28. The molecule has 1 unspecified atom stereocenters. The van der Waals surface area contributed by atoms with Gasteiger partial charge in [0, 0.05) is 29.5 Å². The predicted octanol–water partition coefficient (Wildman–Crippen LogP) is 6.15. The molecular formula is C29H21ClN2O4. The molecule has 0 radical (unpaired) electrons. The Kier molecular flexibility index (Phi) is 6.52. The highest BCUT2D eigenvalue weighted by atomic mass is 35.5. The molecule has 1 aromatic heterocycles.